The molecule has 0 spiro atoms. The Morgan fingerprint density at radius 1 is 1.14 bits per heavy atom. The summed E-state index contributed by atoms with van der Waals surface area (Å²) < 4.78 is 0. The second-order valence-electron chi connectivity index (χ2n) is 6.46. The van der Waals surface area contributed by atoms with E-state index < -0.39 is 17.5 Å². The zero-order valence-electron chi connectivity index (χ0n) is 15.3. The zero-order valence-corrected chi connectivity index (χ0v) is 16.8. The van der Waals surface area contributed by atoms with Gasteiger partial charge in [0.05, 0.1) is 0 Å². The number of nitrogens with zero attached hydrogens (tertiary/aromatic N) is 1. The Balaban J connectivity index is 1.50. The van der Waals surface area contributed by atoms with E-state index in [4.69, 9.17) is 11.6 Å². The number of nitrogens with one attached hydrogen (secondary N) is 2. The van der Waals surface area contributed by atoms with Gasteiger partial charge in [-0.25, -0.2) is 4.79 Å². The molecule has 28 heavy (non-hydrogen) atoms. The van der Waals surface area contributed by atoms with Crippen molar-refractivity contribution in [2.24, 2.45) is 0 Å². The Kier molecular flexibility index (Phi) is 6.26. The van der Waals surface area contributed by atoms with E-state index in [0.29, 0.717) is 22.9 Å². The summed E-state index contributed by atoms with van der Waals surface area (Å²) in [5.41, 5.74) is -0.487. The van der Waals surface area contributed by atoms with Gasteiger partial charge in [-0.15, -0.1) is 11.8 Å². The summed E-state index contributed by atoms with van der Waals surface area (Å²) in [7, 11) is 0. The van der Waals surface area contributed by atoms with Gasteiger partial charge in [-0.3, -0.25) is 14.5 Å². The molecule has 1 heterocycles. The fourth-order valence-electron chi connectivity index (χ4n) is 2.90. The van der Waals surface area contributed by atoms with Gasteiger partial charge >= 0.3 is 6.03 Å². The number of benzene rings is 2. The number of thioether (sulfide) groups is 1. The van der Waals surface area contributed by atoms with Gasteiger partial charge in [-0.1, -0.05) is 41.9 Å². The van der Waals surface area contributed by atoms with Gasteiger partial charge in [0.1, 0.15) is 12.1 Å². The van der Waals surface area contributed by atoms with Gasteiger partial charge in [0.15, 0.2) is 0 Å². The maximum atomic E-state index is 12.8. The third-order valence-corrected chi connectivity index (χ3v) is 5.70. The molecule has 0 bridgehead atoms. The van der Waals surface area contributed by atoms with E-state index in [1.54, 1.807) is 43.0 Å². The van der Waals surface area contributed by atoms with Crippen LogP contribution in [0, 0.1) is 0 Å². The lowest BCUT2D eigenvalue weighted by Crippen LogP contribution is -2.43. The number of halogens is 1. The number of hydrogen-bond donors (Lipinski definition) is 2. The number of amides is 4. The number of carbonyl (C=O) groups is 3. The van der Waals surface area contributed by atoms with Crippen LogP contribution in [0.3, 0.4) is 0 Å². The number of rotatable bonds is 7. The van der Waals surface area contributed by atoms with Gasteiger partial charge in [-0.05, 0) is 36.8 Å². The second-order valence-corrected chi connectivity index (χ2v) is 8.07. The van der Waals surface area contributed by atoms with Crippen LogP contribution in [0.1, 0.15) is 12.5 Å². The molecule has 0 saturated carbocycles. The molecule has 0 aliphatic carbocycles. The third kappa shape index (κ3) is 4.48. The van der Waals surface area contributed by atoms with E-state index in [2.05, 4.69) is 10.6 Å². The van der Waals surface area contributed by atoms with Crippen LogP contribution in [0.5, 0.6) is 0 Å². The van der Waals surface area contributed by atoms with Crippen LogP contribution in [-0.2, 0) is 15.1 Å². The molecular formula is C20H20ClN3O3S. The Hall–Kier alpha value is -2.51. The minimum Gasteiger partial charge on any atom is -0.354 e. The van der Waals surface area contributed by atoms with Crippen LogP contribution >= 0.6 is 23.4 Å². The molecule has 1 aliphatic rings. The summed E-state index contributed by atoms with van der Waals surface area (Å²) in [4.78, 5) is 39.2. The number of urea groups is 1. The van der Waals surface area contributed by atoms with Gasteiger partial charge in [-0.2, -0.15) is 0 Å². The van der Waals surface area contributed by atoms with Gasteiger partial charge in [0.2, 0.25) is 5.91 Å². The quantitative estimate of drug-likeness (QED) is 0.412. The first-order valence-electron chi connectivity index (χ1n) is 8.75. The monoisotopic (exact) mass is 417 g/mol. The molecule has 1 saturated heterocycles. The largest absolute Gasteiger partial charge is 0.354 e. The second kappa shape index (κ2) is 8.67. The van der Waals surface area contributed by atoms with E-state index in [-0.39, 0.29) is 12.5 Å². The molecule has 1 aliphatic heterocycles. The minimum absolute atomic E-state index is 0.307. The van der Waals surface area contributed by atoms with E-state index in [9.17, 15) is 14.4 Å². The van der Waals surface area contributed by atoms with Crippen molar-refractivity contribution in [1.29, 1.82) is 0 Å². The SMILES string of the molecule is C[C@]1(c2ccccc2)NC(=O)N(CC(=O)NCCSc2ccc(Cl)cc2)C1=O. The predicted octanol–water partition coefficient (Wildman–Crippen LogP) is 3.02. The zero-order chi connectivity index (χ0) is 20.1. The average molecular weight is 418 g/mol. The van der Waals surface area contributed by atoms with Crippen molar-refractivity contribution in [2.45, 2.75) is 17.4 Å². The Morgan fingerprint density at radius 3 is 2.50 bits per heavy atom. The first-order valence-corrected chi connectivity index (χ1v) is 10.1. The van der Waals surface area contributed by atoms with Crippen LogP contribution in [0.2, 0.25) is 5.02 Å². The summed E-state index contributed by atoms with van der Waals surface area (Å²) in [6.45, 7) is 1.76. The van der Waals surface area contributed by atoms with Crippen LogP contribution < -0.4 is 10.6 Å². The minimum atomic E-state index is -1.16. The molecule has 3 rings (SSSR count). The first-order chi connectivity index (χ1) is 13.4. The molecule has 6 nitrogen and oxygen atoms in total. The lowest BCUT2D eigenvalue weighted by molar-refractivity contribution is -0.134. The molecule has 0 aromatic heterocycles. The van der Waals surface area contributed by atoms with Gasteiger partial charge in [0, 0.05) is 22.2 Å². The van der Waals surface area contributed by atoms with Gasteiger partial charge in [0.25, 0.3) is 5.91 Å². The number of hydrogen-bond acceptors (Lipinski definition) is 4. The van der Waals surface area contributed by atoms with Crippen molar-refractivity contribution in [3.8, 4) is 0 Å². The summed E-state index contributed by atoms with van der Waals surface area (Å²) in [5.74, 6) is -0.151. The highest BCUT2D eigenvalue weighted by atomic mass is 35.5. The van der Waals surface area contributed by atoms with Gasteiger partial charge < -0.3 is 10.6 Å². The normalized spacial score (nSPS) is 18.9. The summed E-state index contributed by atoms with van der Waals surface area (Å²) in [6, 6.07) is 15.8. The van der Waals surface area contributed by atoms with Crippen LogP contribution in [0.4, 0.5) is 4.79 Å². The molecule has 2 aromatic carbocycles. The molecule has 0 unspecified atom stereocenters. The molecular weight excluding hydrogens is 398 g/mol. The lowest BCUT2D eigenvalue weighted by Gasteiger charge is -2.22. The van der Waals surface area contributed by atoms with Crippen molar-refractivity contribution in [3.05, 3.63) is 65.2 Å². The van der Waals surface area contributed by atoms with Crippen molar-refractivity contribution in [2.75, 3.05) is 18.8 Å². The summed E-state index contributed by atoms with van der Waals surface area (Å²) >= 11 is 7.43. The van der Waals surface area contributed by atoms with Crippen molar-refractivity contribution >= 4 is 41.2 Å². The number of carbonyl (C=O) groups excluding carboxylic acids is 3. The first kappa shape index (κ1) is 20.2. The smallest absolute Gasteiger partial charge is 0.325 e. The predicted molar refractivity (Wildman–Crippen MR) is 109 cm³/mol. The Labute approximate surface area is 172 Å². The molecule has 8 heteroatoms. The standard InChI is InChI=1S/C20H20ClN3O3S/c1-20(14-5-3-2-4-6-14)18(26)24(19(27)23-20)13-17(25)22-11-12-28-16-9-7-15(21)8-10-16/h2-10H,11-13H2,1H3,(H,22,25)(H,23,27)/t20-/m1/s1. The van der Waals surface area contributed by atoms with Crippen molar-refractivity contribution in [1.82, 2.24) is 15.5 Å². The van der Waals surface area contributed by atoms with E-state index in [1.165, 1.54) is 0 Å². The Morgan fingerprint density at radius 2 is 1.82 bits per heavy atom. The lowest BCUT2D eigenvalue weighted by atomic mass is 9.92. The maximum absolute atomic E-state index is 12.8. The molecule has 146 valence electrons. The fraction of sp³-hybridized carbons (Fsp3) is 0.250. The highest BCUT2D eigenvalue weighted by Gasteiger charge is 2.49. The number of imide groups is 1. The van der Waals surface area contributed by atoms with Crippen LogP contribution in [0.25, 0.3) is 0 Å². The van der Waals surface area contributed by atoms with E-state index >= 15 is 0 Å². The van der Waals surface area contributed by atoms with Crippen LogP contribution in [0.15, 0.2) is 59.5 Å². The van der Waals surface area contributed by atoms with E-state index in [0.717, 1.165) is 9.80 Å². The highest BCUT2D eigenvalue weighted by molar-refractivity contribution is 7.99. The maximum Gasteiger partial charge on any atom is 0.325 e. The van der Waals surface area contributed by atoms with Crippen molar-refractivity contribution < 1.29 is 14.4 Å². The molecule has 4 amide bonds. The third-order valence-electron chi connectivity index (χ3n) is 4.43. The topological polar surface area (TPSA) is 78.5 Å². The summed E-state index contributed by atoms with van der Waals surface area (Å²) in [6.07, 6.45) is 0. The van der Waals surface area contributed by atoms with E-state index in [1.807, 2.05) is 30.3 Å². The highest BCUT2D eigenvalue weighted by Crippen LogP contribution is 2.28. The molecule has 1 fully saturated rings. The van der Waals surface area contributed by atoms with Crippen LogP contribution in [-0.4, -0.2) is 41.6 Å². The fourth-order valence-corrected chi connectivity index (χ4v) is 3.79. The Bertz CT molecular complexity index is 876. The molecule has 1 atom stereocenters. The molecule has 2 N–H and O–H groups in total. The molecule has 0 radical (unpaired) electrons. The average Bonchev–Trinajstić information content (AvgIpc) is 2.91. The summed E-state index contributed by atoms with van der Waals surface area (Å²) in [5, 5.41) is 6.10. The van der Waals surface area contributed by atoms with Crippen molar-refractivity contribution in [3.63, 3.8) is 0 Å². The molecule has 2 aromatic rings.